The molecule has 1 saturated heterocycles. The van der Waals surface area contributed by atoms with Crippen molar-refractivity contribution in [2.24, 2.45) is 5.92 Å². The van der Waals surface area contributed by atoms with Crippen LogP contribution in [0.1, 0.15) is 25.7 Å². The average molecular weight is 212 g/mol. The Kier molecular flexibility index (Phi) is 3.59. The zero-order valence-electron chi connectivity index (χ0n) is 9.29. The first kappa shape index (κ1) is 10.9. The maximum absolute atomic E-state index is 11.8. The van der Waals surface area contributed by atoms with Crippen LogP contribution in [0.4, 0.5) is 0 Å². The van der Waals surface area contributed by atoms with Gasteiger partial charge in [0.2, 0.25) is 5.91 Å². The molecule has 2 rings (SSSR count). The summed E-state index contributed by atoms with van der Waals surface area (Å²) in [4.78, 5) is 11.8. The van der Waals surface area contributed by atoms with Gasteiger partial charge < -0.3 is 15.4 Å². The molecular formula is C11H20N2O2. The molecule has 2 aliphatic rings. The van der Waals surface area contributed by atoms with E-state index in [0.29, 0.717) is 12.1 Å². The Bertz CT molecular complexity index is 221. The van der Waals surface area contributed by atoms with Crippen molar-refractivity contribution in [3.63, 3.8) is 0 Å². The lowest BCUT2D eigenvalue weighted by atomic mass is 9.88. The molecule has 0 aromatic rings. The monoisotopic (exact) mass is 212 g/mol. The molecule has 1 atom stereocenters. The smallest absolute Gasteiger partial charge is 0.224 e. The van der Waals surface area contributed by atoms with Gasteiger partial charge in [-0.25, -0.2) is 0 Å². The van der Waals surface area contributed by atoms with Crippen molar-refractivity contribution in [3.8, 4) is 0 Å². The summed E-state index contributed by atoms with van der Waals surface area (Å²) in [5, 5.41) is 6.35. The first-order valence-corrected chi connectivity index (χ1v) is 5.83. The molecule has 1 heterocycles. The molecule has 1 saturated carbocycles. The fourth-order valence-electron chi connectivity index (χ4n) is 2.27. The van der Waals surface area contributed by atoms with E-state index in [9.17, 15) is 4.79 Å². The van der Waals surface area contributed by atoms with Crippen molar-refractivity contribution >= 4 is 5.91 Å². The summed E-state index contributed by atoms with van der Waals surface area (Å²) in [6, 6.07) is 0.351. The Balaban J connectivity index is 1.68. The molecule has 1 aliphatic heterocycles. The maximum Gasteiger partial charge on any atom is 0.224 e. The van der Waals surface area contributed by atoms with Gasteiger partial charge in [-0.1, -0.05) is 0 Å². The van der Waals surface area contributed by atoms with Crippen LogP contribution in [-0.2, 0) is 9.53 Å². The summed E-state index contributed by atoms with van der Waals surface area (Å²) < 4.78 is 5.18. The summed E-state index contributed by atoms with van der Waals surface area (Å²) in [5.41, 5.74) is 0. The summed E-state index contributed by atoms with van der Waals surface area (Å²) in [6.07, 6.45) is 4.45. The molecular weight excluding hydrogens is 192 g/mol. The Morgan fingerprint density at radius 3 is 2.87 bits per heavy atom. The lowest BCUT2D eigenvalue weighted by Crippen LogP contribution is -2.51. The predicted molar refractivity (Wildman–Crippen MR) is 57.6 cm³/mol. The number of methoxy groups -OCH3 is 1. The lowest BCUT2D eigenvalue weighted by molar-refractivity contribution is -0.127. The molecule has 0 aromatic carbocycles. The Morgan fingerprint density at radius 1 is 1.47 bits per heavy atom. The van der Waals surface area contributed by atoms with E-state index in [2.05, 4.69) is 10.6 Å². The second-order valence-corrected chi connectivity index (χ2v) is 4.58. The molecule has 86 valence electrons. The van der Waals surface area contributed by atoms with Gasteiger partial charge in [0, 0.05) is 19.7 Å². The van der Waals surface area contributed by atoms with Gasteiger partial charge in [0.1, 0.15) is 0 Å². The third-order valence-corrected chi connectivity index (χ3v) is 3.44. The van der Waals surface area contributed by atoms with Gasteiger partial charge in [-0.05, 0) is 32.2 Å². The van der Waals surface area contributed by atoms with E-state index in [1.807, 2.05) is 0 Å². The van der Waals surface area contributed by atoms with Gasteiger partial charge in [0.05, 0.1) is 12.0 Å². The summed E-state index contributed by atoms with van der Waals surface area (Å²) >= 11 is 0. The number of hydrogen-bond donors (Lipinski definition) is 2. The van der Waals surface area contributed by atoms with Gasteiger partial charge >= 0.3 is 0 Å². The van der Waals surface area contributed by atoms with Crippen LogP contribution >= 0.6 is 0 Å². The van der Waals surface area contributed by atoms with Crippen LogP contribution in [0, 0.1) is 5.92 Å². The molecule has 4 nitrogen and oxygen atoms in total. The van der Waals surface area contributed by atoms with E-state index in [4.69, 9.17) is 4.74 Å². The topological polar surface area (TPSA) is 50.4 Å². The van der Waals surface area contributed by atoms with E-state index in [0.717, 1.165) is 38.8 Å². The highest BCUT2D eigenvalue weighted by Crippen LogP contribution is 2.23. The minimum atomic E-state index is 0.181. The Morgan fingerprint density at radius 2 is 2.27 bits per heavy atom. The third-order valence-electron chi connectivity index (χ3n) is 3.44. The van der Waals surface area contributed by atoms with E-state index < -0.39 is 0 Å². The minimum absolute atomic E-state index is 0.181. The second kappa shape index (κ2) is 4.94. The lowest BCUT2D eigenvalue weighted by Gasteiger charge is -2.36. The summed E-state index contributed by atoms with van der Waals surface area (Å²) in [6.45, 7) is 1.89. The van der Waals surface area contributed by atoms with Gasteiger partial charge in [-0.3, -0.25) is 4.79 Å². The molecule has 2 N–H and O–H groups in total. The number of ether oxygens (including phenoxy) is 1. The van der Waals surface area contributed by atoms with Crippen LogP contribution in [0.15, 0.2) is 0 Å². The fraction of sp³-hybridized carbons (Fsp3) is 0.909. The molecule has 0 unspecified atom stereocenters. The molecule has 0 radical (unpaired) electrons. The molecule has 0 bridgehead atoms. The predicted octanol–water partition coefficient (Wildman–Crippen LogP) is 0.280. The Hall–Kier alpha value is -0.610. The van der Waals surface area contributed by atoms with Crippen molar-refractivity contribution in [2.75, 3.05) is 20.2 Å². The van der Waals surface area contributed by atoms with Crippen LogP contribution in [0.3, 0.4) is 0 Å². The molecule has 4 heteroatoms. The number of nitrogens with one attached hydrogen (secondary N) is 2. The molecule has 15 heavy (non-hydrogen) atoms. The van der Waals surface area contributed by atoms with E-state index in [1.165, 1.54) is 0 Å². The highest BCUT2D eigenvalue weighted by Gasteiger charge is 2.32. The highest BCUT2D eigenvalue weighted by atomic mass is 16.5. The van der Waals surface area contributed by atoms with E-state index >= 15 is 0 Å². The van der Waals surface area contributed by atoms with Crippen LogP contribution < -0.4 is 10.6 Å². The average Bonchev–Trinajstić information content (AvgIpc) is 2.23. The molecule has 1 aliphatic carbocycles. The molecule has 0 aromatic heterocycles. The Labute approximate surface area is 90.8 Å². The van der Waals surface area contributed by atoms with Gasteiger partial charge in [0.25, 0.3) is 0 Å². The second-order valence-electron chi connectivity index (χ2n) is 4.58. The maximum atomic E-state index is 11.8. The van der Waals surface area contributed by atoms with Crippen molar-refractivity contribution in [1.82, 2.24) is 10.6 Å². The van der Waals surface area contributed by atoms with Crippen molar-refractivity contribution in [3.05, 3.63) is 0 Å². The van der Waals surface area contributed by atoms with Crippen molar-refractivity contribution in [2.45, 2.75) is 37.8 Å². The summed E-state index contributed by atoms with van der Waals surface area (Å²) in [7, 11) is 1.73. The molecule has 2 fully saturated rings. The minimum Gasteiger partial charge on any atom is -0.381 e. The summed E-state index contributed by atoms with van der Waals surface area (Å²) in [5.74, 6) is 0.405. The van der Waals surface area contributed by atoms with Gasteiger partial charge in [-0.15, -0.1) is 0 Å². The number of carbonyl (C=O) groups excluding carboxylic acids is 1. The first-order chi connectivity index (χ1) is 7.29. The van der Waals surface area contributed by atoms with Crippen LogP contribution in [0.5, 0.6) is 0 Å². The SMILES string of the molecule is COC1CC(NC(=O)[C@@H]2CCCNC2)C1. The first-order valence-electron chi connectivity index (χ1n) is 5.83. The zero-order valence-corrected chi connectivity index (χ0v) is 9.29. The third kappa shape index (κ3) is 2.69. The largest absolute Gasteiger partial charge is 0.381 e. The van der Waals surface area contributed by atoms with Crippen LogP contribution in [0.25, 0.3) is 0 Å². The molecule has 0 spiro atoms. The van der Waals surface area contributed by atoms with Crippen LogP contribution in [-0.4, -0.2) is 38.3 Å². The van der Waals surface area contributed by atoms with E-state index in [-0.39, 0.29) is 11.8 Å². The number of carbonyl (C=O) groups is 1. The fourth-order valence-corrected chi connectivity index (χ4v) is 2.27. The number of rotatable bonds is 3. The standard InChI is InChI=1S/C11H20N2O2/c1-15-10-5-9(6-10)13-11(14)8-3-2-4-12-7-8/h8-10,12H,2-7H2,1H3,(H,13,14)/t8-,9?,10?/m1/s1. The van der Waals surface area contributed by atoms with E-state index in [1.54, 1.807) is 7.11 Å². The normalized spacial score (nSPS) is 35.7. The van der Waals surface area contributed by atoms with Gasteiger partial charge in [0.15, 0.2) is 0 Å². The highest BCUT2D eigenvalue weighted by molar-refractivity contribution is 5.79. The van der Waals surface area contributed by atoms with Gasteiger partial charge in [-0.2, -0.15) is 0 Å². The number of piperidine rings is 1. The van der Waals surface area contributed by atoms with Crippen molar-refractivity contribution in [1.29, 1.82) is 0 Å². The number of amides is 1. The molecule has 1 amide bonds. The zero-order chi connectivity index (χ0) is 10.7. The number of hydrogen-bond acceptors (Lipinski definition) is 3. The van der Waals surface area contributed by atoms with Crippen molar-refractivity contribution < 1.29 is 9.53 Å². The quantitative estimate of drug-likeness (QED) is 0.706. The van der Waals surface area contributed by atoms with Crippen LogP contribution in [0.2, 0.25) is 0 Å².